The lowest BCUT2D eigenvalue weighted by Crippen LogP contribution is -2.20. The van der Waals surface area contributed by atoms with E-state index in [9.17, 15) is 0 Å². The topological polar surface area (TPSA) is 68.2 Å². The molecule has 2 N–H and O–H groups in total. The van der Waals surface area contributed by atoms with Crippen LogP contribution >= 0.6 is 0 Å². The van der Waals surface area contributed by atoms with Gasteiger partial charge in [0, 0.05) is 31.9 Å². The number of anilines is 2. The molecule has 0 atom stereocenters. The number of nitrogens with two attached hydrogens (primary N) is 1. The summed E-state index contributed by atoms with van der Waals surface area (Å²) in [6, 6.07) is 12.0. The van der Waals surface area contributed by atoms with Gasteiger partial charge in [0.15, 0.2) is 5.58 Å². The highest BCUT2D eigenvalue weighted by molar-refractivity contribution is 5.86. The van der Waals surface area contributed by atoms with Gasteiger partial charge in [0.1, 0.15) is 5.52 Å². The predicted octanol–water partition coefficient (Wildman–Crippen LogP) is 2.48. The predicted molar refractivity (Wildman–Crippen MR) is 79.6 cm³/mol. The number of oxazole rings is 1. The number of benzene rings is 1. The fraction of sp³-hybridized carbons (Fsp3) is 0.200. The van der Waals surface area contributed by atoms with Gasteiger partial charge in [0.2, 0.25) is 0 Å². The lowest BCUT2D eigenvalue weighted by molar-refractivity contribution is 0.582. The largest absolute Gasteiger partial charge is 0.423 e. The van der Waals surface area contributed by atoms with Gasteiger partial charge in [-0.05, 0) is 24.3 Å². The number of nitrogen functional groups attached to an aromatic ring is 1. The molecule has 1 aromatic carbocycles. The molecule has 0 aliphatic carbocycles. The number of hydrogen-bond acceptors (Lipinski definition) is 5. The maximum atomic E-state index is 5.88. The number of para-hydroxylation sites is 1. The summed E-state index contributed by atoms with van der Waals surface area (Å²) in [4.78, 5) is 10.7. The Balaban J connectivity index is 1.75. The van der Waals surface area contributed by atoms with Gasteiger partial charge in [-0.3, -0.25) is 4.98 Å². The molecule has 0 bridgehead atoms. The molecular weight excluding hydrogens is 252 g/mol. The van der Waals surface area contributed by atoms with Crippen LogP contribution in [0.2, 0.25) is 0 Å². The second-order valence-corrected chi connectivity index (χ2v) is 4.68. The van der Waals surface area contributed by atoms with Crippen molar-refractivity contribution in [1.82, 2.24) is 9.97 Å². The highest BCUT2D eigenvalue weighted by Gasteiger charge is 2.12. The summed E-state index contributed by atoms with van der Waals surface area (Å²) in [6.07, 6.45) is 2.64. The molecule has 0 saturated carbocycles. The van der Waals surface area contributed by atoms with E-state index in [1.807, 2.05) is 48.3 Å². The van der Waals surface area contributed by atoms with Crippen LogP contribution in [0.25, 0.3) is 11.1 Å². The summed E-state index contributed by atoms with van der Waals surface area (Å²) in [6.45, 7) is 0.781. The van der Waals surface area contributed by atoms with Crippen LogP contribution in [0, 0.1) is 0 Å². The van der Waals surface area contributed by atoms with Gasteiger partial charge in [0.05, 0.1) is 5.69 Å². The van der Waals surface area contributed by atoms with Crippen molar-refractivity contribution in [1.29, 1.82) is 0 Å². The fourth-order valence-electron chi connectivity index (χ4n) is 2.05. The van der Waals surface area contributed by atoms with E-state index in [4.69, 9.17) is 10.2 Å². The Hall–Kier alpha value is -2.56. The van der Waals surface area contributed by atoms with Gasteiger partial charge in [-0.25, -0.2) is 0 Å². The zero-order valence-corrected chi connectivity index (χ0v) is 11.3. The molecule has 3 rings (SSSR count). The van der Waals surface area contributed by atoms with Gasteiger partial charge < -0.3 is 15.1 Å². The molecular formula is C15H16N4O. The second-order valence-electron chi connectivity index (χ2n) is 4.68. The third kappa shape index (κ3) is 2.42. The Morgan fingerprint density at radius 2 is 2.10 bits per heavy atom. The Morgan fingerprint density at radius 3 is 2.85 bits per heavy atom. The van der Waals surface area contributed by atoms with Crippen molar-refractivity contribution < 1.29 is 4.42 Å². The Labute approximate surface area is 117 Å². The molecule has 0 unspecified atom stereocenters. The van der Waals surface area contributed by atoms with Crippen molar-refractivity contribution in [2.75, 3.05) is 24.2 Å². The van der Waals surface area contributed by atoms with E-state index in [1.165, 1.54) is 0 Å². The molecule has 5 nitrogen and oxygen atoms in total. The fourth-order valence-corrected chi connectivity index (χ4v) is 2.05. The number of nitrogens with zero attached hydrogens (tertiary/aromatic N) is 3. The van der Waals surface area contributed by atoms with Crippen molar-refractivity contribution >= 4 is 22.8 Å². The van der Waals surface area contributed by atoms with Crippen LogP contribution in [0.15, 0.2) is 47.0 Å². The number of rotatable bonds is 4. The van der Waals surface area contributed by atoms with Gasteiger partial charge in [-0.15, -0.1) is 0 Å². The first-order chi connectivity index (χ1) is 9.74. The molecule has 5 heteroatoms. The van der Waals surface area contributed by atoms with Gasteiger partial charge >= 0.3 is 0 Å². The van der Waals surface area contributed by atoms with Gasteiger partial charge in [-0.2, -0.15) is 4.98 Å². The quantitative estimate of drug-likeness (QED) is 0.736. The molecule has 0 amide bonds. The van der Waals surface area contributed by atoms with Crippen LogP contribution in [0.4, 0.5) is 11.7 Å². The number of likely N-dealkylation sites (N-methyl/N-ethyl adjacent to an activating group) is 1. The number of fused-ring (bicyclic) bond motifs is 1. The van der Waals surface area contributed by atoms with E-state index in [1.54, 1.807) is 6.20 Å². The zero-order chi connectivity index (χ0) is 13.9. The van der Waals surface area contributed by atoms with E-state index in [2.05, 4.69) is 9.97 Å². The highest BCUT2D eigenvalue weighted by Crippen LogP contribution is 2.25. The summed E-state index contributed by atoms with van der Waals surface area (Å²) >= 11 is 0. The standard InChI is InChI=1S/C15H16N4O/c1-19(10-8-11-5-2-3-9-17-11)15-18-14-12(16)6-4-7-13(14)20-15/h2-7,9H,8,10,16H2,1H3. The molecule has 0 radical (unpaired) electrons. The minimum Gasteiger partial charge on any atom is -0.423 e. The summed E-state index contributed by atoms with van der Waals surface area (Å²) in [5, 5.41) is 0. The highest BCUT2D eigenvalue weighted by atomic mass is 16.4. The molecule has 0 saturated heterocycles. The first-order valence-electron chi connectivity index (χ1n) is 6.50. The molecule has 0 aliphatic rings. The molecule has 2 heterocycles. The number of pyridine rings is 1. The molecule has 20 heavy (non-hydrogen) atoms. The summed E-state index contributed by atoms with van der Waals surface area (Å²) < 4.78 is 5.71. The van der Waals surface area contributed by atoms with Crippen molar-refractivity contribution in [3.05, 3.63) is 48.3 Å². The van der Waals surface area contributed by atoms with Crippen LogP contribution < -0.4 is 10.6 Å². The van der Waals surface area contributed by atoms with Crippen molar-refractivity contribution in [3.63, 3.8) is 0 Å². The molecule has 3 aromatic rings. The molecule has 102 valence electrons. The first-order valence-corrected chi connectivity index (χ1v) is 6.50. The van der Waals surface area contributed by atoms with Crippen LogP contribution in [-0.4, -0.2) is 23.6 Å². The number of aromatic nitrogens is 2. The maximum Gasteiger partial charge on any atom is 0.298 e. The minimum atomic E-state index is 0.578. The van der Waals surface area contributed by atoms with Crippen LogP contribution in [-0.2, 0) is 6.42 Å². The van der Waals surface area contributed by atoms with Crippen LogP contribution in [0.3, 0.4) is 0 Å². The van der Waals surface area contributed by atoms with Gasteiger partial charge in [-0.1, -0.05) is 12.1 Å². The first kappa shape index (κ1) is 12.5. The van der Waals surface area contributed by atoms with E-state index in [-0.39, 0.29) is 0 Å². The second kappa shape index (κ2) is 5.21. The monoisotopic (exact) mass is 268 g/mol. The van der Waals surface area contributed by atoms with Crippen molar-refractivity contribution in [2.45, 2.75) is 6.42 Å². The van der Waals surface area contributed by atoms with Gasteiger partial charge in [0.25, 0.3) is 6.01 Å². The molecule has 0 fully saturated rings. The third-order valence-corrected chi connectivity index (χ3v) is 3.19. The van der Waals surface area contributed by atoms with E-state index in [0.29, 0.717) is 22.8 Å². The lowest BCUT2D eigenvalue weighted by Gasteiger charge is -2.13. The van der Waals surface area contributed by atoms with E-state index < -0.39 is 0 Å². The van der Waals surface area contributed by atoms with Crippen LogP contribution in [0.1, 0.15) is 5.69 Å². The summed E-state index contributed by atoms with van der Waals surface area (Å²) in [5.74, 6) is 0. The Kier molecular flexibility index (Phi) is 3.25. The summed E-state index contributed by atoms with van der Waals surface area (Å²) in [5.41, 5.74) is 9.00. The van der Waals surface area contributed by atoms with E-state index >= 15 is 0 Å². The summed E-state index contributed by atoms with van der Waals surface area (Å²) in [7, 11) is 1.95. The smallest absolute Gasteiger partial charge is 0.298 e. The third-order valence-electron chi connectivity index (χ3n) is 3.19. The normalized spacial score (nSPS) is 10.8. The van der Waals surface area contributed by atoms with Crippen molar-refractivity contribution in [2.24, 2.45) is 0 Å². The maximum absolute atomic E-state index is 5.88. The average Bonchev–Trinajstić information content (AvgIpc) is 2.91. The average molecular weight is 268 g/mol. The van der Waals surface area contributed by atoms with E-state index in [0.717, 1.165) is 18.7 Å². The van der Waals surface area contributed by atoms with Crippen molar-refractivity contribution in [3.8, 4) is 0 Å². The molecule has 0 spiro atoms. The number of hydrogen-bond donors (Lipinski definition) is 1. The zero-order valence-electron chi connectivity index (χ0n) is 11.3. The minimum absolute atomic E-state index is 0.578. The Bertz CT molecular complexity index is 708. The SMILES string of the molecule is CN(CCc1ccccn1)c1nc2c(N)cccc2o1. The molecule has 0 aliphatic heterocycles. The molecule has 2 aromatic heterocycles. The lowest BCUT2D eigenvalue weighted by atomic mass is 10.2. The van der Waals surface area contributed by atoms with Crippen LogP contribution in [0.5, 0.6) is 0 Å². The Morgan fingerprint density at radius 1 is 1.20 bits per heavy atom.